The van der Waals surface area contributed by atoms with Gasteiger partial charge in [-0.05, 0) is 61.7 Å². The van der Waals surface area contributed by atoms with Crippen LogP contribution in [0, 0.1) is 13.8 Å². The van der Waals surface area contributed by atoms with Gasteiger partial charge in [0.2, 0.25) is 0 Å². The summed E-state index contributed by atoms with van der Waals surface area (Å²) in [4.78, 5) is 12.5. The van der Waals surface area contributed by atoms with E-state index in [9.17, 15) is 4.79 Å². The molecule has 4 nitrogen and oxygen atoms in total. The second-order valence-corrected chi connectivity index (χ2v) is 6.01. The molecule has 1 amide bonds. The molecular weight excluding hydrogens is 326 g/mol. The summed E-state index contributed by atoms with van der Waals surface area (Å²) in [6.45, 7) is 5.96. The maximum atomic E-state index is 12.5. The average molecular weight is 348 g/mol. The van der Waals surface area contributed by atoms with Crippen molar-refractivity contribution in [2.45, 2.75) is 33.3 Å². The van der Waals surface area contributed by atoms with Crippen LogP contribution in [0.3, 0.4) is 0 Å². The Hall–Kier alpha value is -2.20. The molecule has 2 aromatic rings. The van der Waals surface area contributed by atoms with E-state index in [0.29, 0.717) is 28.6 Å². The summed E-state index contributed by atoms with van der Waals surface area (Å²) in [5.74, 6) is 1.04. The fraction of sp³-hybridized carbons (Fsp3) is 0.316. The van der Waals surface area contributed by atoms with E-state index >= 15 is 0 Å². The Bertz CT molecular complexity index is 731. The molecule has 0 spiro atoms. The van der Waals surface area contributed by atoms with E-state index in [1.54, 1.807) is 25.3 Å². The van der Waals surface area contributed by atoms with Gasteiger partial charge in [0.15, 0.2) is 6.10 Å². The van der Waals surface area contributed by atoms with Gasteiger partial charge in [-0.1, -0.05) is 24.6 Å². The first-order chi connectivity index (χ1) is 11.4. The van der Waals surface area contributed by atoms with Gasteiger partial charge in [0, 0.05) is 5.69 Å². The lowest BCUT2D eigenvalue weighted by Gasteiger charge is -2.18. The minimum atomic E-state index is -0.576. The zero-order valence-electron chi connectivity index (χ0n) is 14.4. The molecule has 0 aliphatic heterocycles. The molecule has 0 radical (unpaired) electrons. The molecule has 0 bridgehead atoms. The molecule has 0 aliphatic rings. The highest BCUT2D eigenvalue weighted by molar-refractivity contribution is 6.32. The SMILES string of the molecule is CCC(Oc1ccc(C)c(C)c1)C(=O)Nc1ccc(OC)c(Cl)c1. The van der Waals surface area contributed by atoms with E-state index in [-0.39, 0.29) is 5.91 Å². The molecule has 0 aliphatic carbocycles. The highest BCUT2D eigenvalue weighted by Gasteiger charge is 2.19. The van der Waals surface area contributed by atoms with Crippen LogP contribution in [0.25, 0.3) is 0 Å². The maximum Gasteiger partial charge on any atom is 0.265 e. The van der Waals surface area contributed by atoms with Crippen molar-refractivity contribution in [1.82, 2.24) is 0 Å². The number of aryl methyl sites for hydroxylation is 2. The maximum absolute atomic E-state index is 12.5. The standard InChI is InChI=1S/C19H22ClNO3/c1-5-17(24-15-8-6-12(2)13(3)10-15)19(22)21-14-7-9-18(23-4)16(20)11-14/h6-11,17H,5H2,1-4H3,(H,21,22). The fourth-order valence-corrected chi connectivity index (χ4v) is 2.50. The number of nitrogens with one attached hydrogen (secondary N) is 1. The Morgan fingerprint density at radius 1 is 1.17 bits per heavy atom. The monoisotopic (exact) mass is 347 g/mol. The van der Waals surface area contributed by atoms with E-state index in [1.165, 1.54) is 5.56 Å². The number of benzene rings is 2. The number of carbonyl (C=O) groups is 1. The third-order valence-electron chi connectivity index (χ3n) is 3.84. The van der Waals surface area contributed by atoms with Crippen molar-refractivity contribution in [3.63, 3.8) is 0 Å². The van der Waals surface area contributed by atoms with Gasteiger partial charge in [-0.15, -0.1) is 0 Å². The smallest absolute Gasteiger partial charge is 0.265 e. The summed E-state index contributed by atoms with van der Waals surface area (Å²) in [6, 6.07) is 10.9. The Labute approximate surface area is 147 Å². The molecule has 128 valence electrons. The number of methoxy groups -OCH3 is 1. The first-order valence-electron chi connectivity index (χ1n) is 7.83. The van der Waals surface area contributed by atoms with Crippen LogP contribution in [-0.4, -0.2) is 19.1 Å². The summed E-state index contributed by atoms with van der Waals surface area (Å²) < 4.78 is 10.9. The van der Waals surface area contributed by atoms with Crippen LogP contribution in [0.2, 0.25) is 5.02 Å². The summed E-state index contributed by atoms with van der Waals surface area (Å²) in [6.07, 6.45) is -0.0178. The van der Waals surface area contributed by atoms with Crippen LogP contribution in [0.4, 0.5) is 5.69 Å². The number of hydrogen-bond acceptors (Lipinski definition) is 3. The third kappa shape index (κ3) is 4.42. The normalized spacial score (nSPS) is 11.7. The van der Waals surface area contributed by atoms with Crippen molar-refractivity contribution in [3.8, 4) is 11.5 Å². The molecule has 0 fully saturated rings. The number of ether oxygens (including phenoxy) is 2. The number of anilines is 1. The van der Waals surface area contributed by atoms with Gasteiger partial charge in [0.1, 0.15) is 11.5 Å². The highest BCUT2D eigenvalue weighted by atomic mass is 35.5. The Balaban J connectivity index is 2.08. The molecule has 2 rings (SSSR count). The lowest BCUT2D eigenvalue weighted by Crippen LogP contribution is -2.32. The van der Waals surface area contributed by atoms with Crippen LogP contribution in [0.15, 0.2) is 36.4 Å². The van der Waals surface area contributed by atoms with Crippen molar-refractivity contribution in [2.24, 2.45) is 0 Å². The molecule has 24 heavy (non-hydrogen) atoms. The van der Waals surface area contributed by atoms with Gasteiger partial charge >= 0.3 is 0 Å². The summed E-state index contributed by atoms with van der Waals surface area (Å²) in [5.41, 5.74) is 2.92. The van der Waals surface area contributed by atoms with Crippen molar-refractivity contribution in [2.75, 3.05) is 12.4 Å². The van der Waals surface area contributed by atoms with Crippen molar-refractivity contribution >= 4 is 23.2 Å². The minimum Gasteiger partial charge on any atom is -0.495 e. The molecule has 0 saturated carbocycles. The van der Waals surface area contributed by atoms with E-state index in [2.05, 4.69) is 5.32 Å². The number of halogens is 1. The second kappa shape index (κ2) is 8.06. The largest absolute Gasteiger partial charge is 0.495 e. The van der Waals surface area contributed by atoms with Crippen molar-refractivity contribution in [1.29, 1.82) is 0 Å². The van der Waals surface area contributed by atoms with Crippen LogP contribution in [0.5, 0.6) is 11.5 Å². The summed E-state index contributed by atoms with van der Waals surface area (Å²) in [5, 5.41) is 3.27. The van der Waals surface area contributed by atoms with E-state index in [1.807, 2.05) is 39.0 Å². The number of carbonyl (C=O) groups excluding carboxylic acids is 1. The molecule has 0 aromatic heterocycles. The number of hydrogen-bond donors (Lipinski definition) is 1. The Morgan fingerprint density at radius 2 is 1.92 bits per heavy atom. The number of rotatable bonds is 6. The van der Waals surface area contributed by atoms with Crippen LogP contribution in [-0.2, 0) is 4.79 Å². The van der Waals surface area contributed by atoms with E-state index < -0.39 is 6.10 Å². The van der Waals surface area contributed by atoms with Gasteiger partial charge in [0.25, 0.3) is 5.91 Å². The quantitative estimate of drug-likeness (QED) is 0.819. The Morgan fingerprint density at radius 3 is 2.50 bits per heavy atom. The van der Waals surface area contributed by atoms with Gasteiger partial charge < -0.3 is 14.8 Å². The summed E-state index contributed by atoms with van der Waals surface area (Å²) in [7, 11) is 1.55. The zero-order valence-corrected chi connectivity index (χ0v) is 15.1. The van der Waals surface area contributed by atoms with Crippen LogP contribution < -0.4 is 14.8 Å². The van der Waals surface area contributed by atoms with Crippen LogP contribution in [0.1, 0.15) is 24.5 Å². The molecule has 2 aromatic carbocycles. The van der Waals surface area contributed by atoms with Crippen molar-refractivity contribution in [3.05, 3.63) is 52.5 Å². The molecule has 0 saturated heterocycles. The van der Waals surface area contributed by atoms with Gasteiger partial charge in [-0.2, -0.15) is 0 Å². The minimum absolute atomic E-state index is 0.211. The molecule has 0 heterocycles. The number of amides is 1. The summed E-state index contributed by atoms with van der Waals surface area (Å²) >= 11 is 6.08. The fourth-order valence-electron chi connectivity index (χ4n) is 2.24. The zero-order chi connectivity index (χ0) is 17.7. The first kappa shape index (κ1) is 18.1. The molecule has 1 N–H and O–H groups in total. The third-order valence-corrected chi connectivity index (χ3v) is 4.13. The van der Waals surface area contributed by atoms with E-state index in [0.717, 1.165) is 5.56 Å². The van der Waals surface area contributed by atoms with Gasteiger partial charge in [-0.3, -0.25) is 4.79 Å². The van der Waals surface area contributed by atoms with E-state index in [4.69, 9.17) is 21.1 Å². The Kier molecular flexibility index (Phi) is 6.10. The topological polar surface area (TPSA) is 47.6 Å². The lowest BCUT2D eigenvalue weighted by molar-refractivity contribution is -0.122. The predicted molar refractivity (Wildman–Crippen MR) is 97.3 cm³/mol. The van der Waals surface area contributed by atoms with Gasteiger partial charge in [-0.25, -0.2) is 0 Å². The molecular formula is C19H22ClNO3. The molecule has 1 unspecified atom stereocenters. The van der Waals surface area contributed by atoms with Gasteiger partial charge in [0.05, 0.1) is 12.1 Å². The second-order valence-electron chi connectivity index (χ2n) is 5.60. The molecule has 1 atom stereocenters. The van der Waals surface area contributed by atoms with Crippen LogP contribution >= 0.6 is 11.6 Å². The highest BCUT2D eigenvalue weighted by Crippen LogP contribution is 2.27. The predicted octanol–water partition coefficient (Wildman–Crippen LogP) is 4.76. The molecule has 5 heteroatoms. The first-order valence-corrected chi connectivity index (χ1v) is 8.20. The van der Waals surface area contributed by atoms with Crippen molar-refractivity contribution < 1.29 is 14.3 Å². The lowest BCUT2D eigenvalue weighted by atomic mass is 10.1. The average Bonchev–Trinajstić information content (AvgIpc) is 2.56.